The summed E-state index contributed by atoms with van der Waals surface area (Å²) in [5.41, 5.74) is 1.50. The zero-order valence-electron chi connectivity index (χ0n) is 10.3. The van der Waals surface area contributed by atoms with Crippen LogP contribution in [0, 0.1) is 6.92 Å². The standard InChI is InChI=1S/C13H18ClNO2/c1-8-4-11(7-12(14)5-8)13(17)15-9(2)6-10(3)16/h4-5,7,9-10,16H,6H2,1-3H3,(H,15,17). The molecule has 0 aromatic heterocycles. The van der Waals surface area contributed by atoms with E-state index in [9.17, 15) is 9.90 Å². The number of hydrogen-bond acceptors (Lipinski definition) is 2. The molecule has 3 nitrogen and oxygen atoms in total. The first-order valence-electron chi connectivity index (χ1n) is 5.64. The van der Waals surface area contributed by atoms with Crippen molar-refractivity contribution in [2.75, 3.05) is 0 Å². The lowest BCUT2D eigenvalue weighted by atomic mass is 10.1. The number of rotatable bonds is 4. The zero-order valence-corrected chi connectivity index (χ0v) is 11.1. The summed E-state index contributed by atoms with van der Waals surface area (Å²) in [6, 6.07) is 5.16. The molecule has 0 radical (unpaired) electrons. The molecule has 0 aliphatic carbocycles. The Morgan fingerprint density at radius 1 is 1.41 bits per heavy atom. The second-order valence-corrected chi connectivity index (χ2v) is 4.91. The Labute approximate surface area is 107 Å². The maximum atomic E-state index is 11.9. The average Bonchev–Trinajstić information content (AvgIpc) is 2.14. The summed E-state index contributed by atoms with van der Waals surface area (Å²) >= 11 is 5.90. The number of aliphatic hydroxyl groups is 1. The average molecular weight is 256 g/mol. The molecule has 17 heavy (non-hydrogen) atoms. The van der Waals surface area contributed by atoms with Crippen LogP contribution in [0.3, 0.4) is 0 Å². The predicted molar refractivity (Wildman–Crippen MR) is 69.4 cm³/mol. The lowest BCUT2D eigenvalue weighted by molar-refractivity contribution is 0.0923. The minimum absolute atomic E-state index is 0.0678. The van der Waals surface area contributed by atoms with Crippen molar-refractivity contribution in [3.05, 3.63) is 34.3 Å². The lowest BCUT2D eigenvalue weighted by Gasteiger charge is -2.15. The number of carbonyl (C=O) groups is 1. The van der Waals surface area contributed by atoms with E-state index in [0.717, 1.165) is 5.56 Å². The van der Waals surface area contributed by atoms with Crippen LogP contribution in [0.5, 0.6) is 0 Å². The van der Waals surface area contributed by atoms with E-state index >= 15 is 0 Å². The van der Waals surface area contributed by atoms with Crippen molar-refractivity contribution in [3.8, 4) is 0 Å². The number of aliphatic hydroxyl groups excluding tert-OH is 1. The van der Waals surface area contributed by atoms with E-state index in [4.69, 9.17) is 11.6 Å². The van der Waals surface area contributed by atoms with Gasteiger partial charge in [-0.3, -0.25) is 4.79 Å². The Hall–Kier alpha value is -1.06. The monoisotopic (exact) mass is 255 g/mol. The highest BCUT2D eigenvalue weighted by Crippen LogP contribution is 2.14. The molecule has 0 aliphatic heterocycles. The maximum Gasteiger partial charge on any atom is 0.251 e. The quantitative estimate of drug-likeness (QED) is 0.869. The van der Waals surface area contributed by atoms with Crippen molar-refractivity contribution in [1.29, 1.82) is 0 Å². The molecule has 2 atom stereocenters. The SMILES string of the molecule is Cc1cc(Cl)cc(C(=O)NC(C)CC(C)O)c1. The van der Waals surface area contributed by atoms with Gasteiger partial charge in [-0.25, -0.2) is 0 Å². The Balaban J connectivity index is 2.69. The van der Waals surface area contributed by atoms with Gasteiger partial charge in [-0.05, 0) is 51.0 Å². The van der Waals surface area contributed by atoms with Crippen LogP contribution in [-0.4, -0.2) is 23.2 Å². The Morgan fingerprint density at radius 2 is 2.06 bits per heavy atom. The van der Waals surface area contributed by atoms with Gasteiger partial charge in [0.2, 0.25) is 0 Å². The molecule has 0 heterocycles. The fourth-order valence-corrected chi connectivity index (χ4v) is 2.03. The van der Waals surface area contributed by atoms with Gasteiger partial charge in [0.15, 0.2) is 0 Å². The van der Waals surface area contributed by atoms with E-state index in [0.29, 0.717) is 17.0 Å². The summed E-state index contributed by atoms with van der Waals surface area (Å²) in [6.07, 6.45) is 0.108. The van der Waals surface area contributed by atoms with Crippen molar-refractivity contribution < 1.29 is 9.90 Å². The van der Waals surface area contributed by atoms with Gasteiger partial charge in [0.05, 0.1) is 6.10 Å². The first kappa shape index (κ1) is 14.0. The van der Waals surface area contributed by atoms with Crippen LogP contribution in [0.2, 0.25) is 5.02 Å². The predicted octanol–water partition coefficient (Wildman–Crippen LogP) is 2.54. The van der Waals surface area contributed by atoms with Crippen LogP contribution in [0.4, 0.5) is 0 Å². The van der Waals surface area contributed by atoms with Gasteiger partial charge in [-0.15, -0.1) is 0 Å². The number of halogens is 1. The second-order valence-electron chi connectivity index (χ2n) is 4.48. The van der Waals surface area contributed by atoms with Crippen LogP contribution in [0.15, 0.2) is 18.2 Å². The Bertz CT molecular complexity index is 384. The molecule has 1 aromatic rings. The third-order valence-electron chi connectivity index (χ3n) is 2.38. The Morgan fingerprint density at radius 3 is 2.59 bits per heavy atom. The minimum Gasteiger partial charge on any atom is -0.393 e. The van der Waals surface area contributed by atoms with Crippen LogP contribution in [-0.2, 0) is 0 Å². The first-order valence-corrected chi connectivity index (χ1v) is 6.02. The highest BCUT2D eigenvalue weighted by atomic mass is 35.5. The fraction of sp³-hybridized carbons (Fsp3) is 0.462. The molecule has 0 saturated carbocycles. The summed E-state index contributed by atoms with van der Waals surface area (Å²) in [6.45, 7) is 5.45. The van der Waals surface area contributed by atoms with Crippen molar-refractivity contribution >= 4 is 17.5 Å². The molecule has 0 fully saturated rings. The summed E-state index contributed by atoms with van der Waals surface area (Å²) in [4.78, 5) is 11.9. The number of hydrogen-bond donors (Lipinski definition) is 2. The maximum absolute atomic E-state index is 11.9. The molecule has 0 spiro atoms. The first-order chi connectivity index (χ1) is 7.88. The third kappa shape index (κ3) is 4.75. The molecule has 2 unspecified atom stereocenters. The van der Waals surface area contributed by atoms with E-state index in [1.165, 1.54) is 0 Å². The molecule has 4 heteroatoms. The van der Waals surface area contributed by atoms with Gasteiger partial charge in [0.1, 0.15) is 0 Å². The number of nitrogens with one attached hydrogen (secondary N) is 1. The highest BCUT2D eigenvalue weighted by Gasteiger charge is 2.12. The minimum atomic E-state index is -0.425. The fourth-order valence-electron chi connectivity index (χ4n) is 1.75. The largest absolute Gasteiger partial charge is 0.393 e. The molecule has 2 N–H and O–H groups in total. The van der Waals surface area contributed by atoms with Crippen molar-refractivity contribution in [2.24, 2.45) is 0 Å². The molecule has 0 saturated heterocycles. The number of benzene rings is 1. The number of aryl methyl sites for hydroxylation is 1. The second kappa shape index (κ2) is 6.03. The van der Waals surface area contributed by atoms with Gasteiger partial charge < -0.3 is 10.4 Å². The molecular formula is C13H18ClNO2. The lowest BCUT2D eigenvalue weighted by Crippen LogP contribution is -2.34. The van der Waals surface area contributed by atoms with Gasteiger partial charge in [-0.1, -0.05) is 11.6 Å². The highest BCUT2D eigenvalue weighted by molar-refractivity contribution is 6.31. The van der Waals surface area contributed by atoms with Crippen LogP contribution < -0.4 is 5.32 Å². The summed E-state index contributed by atoms with van der Waals surface area (Å²) in [7, 11) is 0. The molecule has 0 aliphatic rings. The van der Waals surface area contributed by atoms with Crippen LogP contribution in [0.1, 0.15) is 36.2 Å². The third-order valence-corrected chi connectivity index (χ3v) is 2.59. The zero-order chi connectivity index (χ0) is 13.0. The van der Waals surface area contributed by atoms with Crippen molar-refractivity contribution in [3.63, 3.8) is 0 Å². The smallest absolute Gasteiger partial charge is 0.251 e. The van der Waals surface area contributed by atoms with E-state index in [1.54, 1.807) is 25.1 Å². The summed E-state index contributed by atoms with van der Waals surface area (Å²) in [5.74, 6) is -0.163. The normalized spacial score (nSPS) is 14.2. The summed E-state index contributed by atoms with van der Waals surface area (Å²) in [5, 5.41) is 12.6. The van der Waals surface area contributed by atoms with E-state index in [2.05, 4.69) is 5.32 Å². The topological polar surface area (TPSA) is 49.3 Å². The number of carbonyl (C=O) groups excluding carboxylic acids is 1. The summed E-state index contributed by atoms with van der Waals surface area (Å²) < 4.78 is 0. The van der Waals surface area contributed by atoms with Crippen LogP contribution >= 0.6 is 11.6 Å². The molecule has 0 bridgehead atoms. The molecule has 1 aromatic carbocycles. The van der Waals surface area contributed by atoms with Crippen molar-refractivity contribution in [2.45, 2.75) is 39.3 Å². The van der Waals surface area contributed by atoms with Gasteiger partial charge >= 0.3 is 0 Å². The molecular weight excluding hydrogens is 238 g/mol. The van der Waals surface area contributed by atoms with Gasteiger partial charge in [0.25, 0.3) is 5.91 Å². The van der Waals surface area contributed by atoms with Crippen LogP contribution in [0.25, 0.3) is 0 Å². The van der Waals surface area contributed by atoms with Gasteiger partial charge in [0, 0.05) is 16.6 Å². The van der Waals surface area contributed by atoms with E-state index in [1.807, 2.05) is 13.8 Å². The van der Waals surface area contributed by atoms with E-state index < -0.39 is 6.10 Å². The molecule has 94 valence electrons. The Kier molecular flexibility index (Phi) is 4.97. The van der Waals surface area contributed by atoms with E-state index in [-0.39, 0.29) is 11.9 Å². The number of amides is 1. The molecule has 1 rings (SSSR count). The molecule has 1 amide bonds. The van der Waals surface area contributed by atoms with Crippen molar-refractivity contribution in [1.82, 2.24) is 5.32 Å². The van der Waals surface area contributed by atoms with Gasteiger partial charge in [-0.2, -0.15) is 0 Å².